The maximum atomic E-state index is 5.54. The fraction of sp³-hybridized carbons (Fsp3) is 0. The van der Waals surface area contributed by atoms with E-state index < -0.39 is 0 Å². The van der Waals surface area contributed by atoms with Gasteiger partial charge in [-0.2, -0.15) is 0 Å². The van der Waals surface area contributed by atoms with Gasteiger partial charge in [0, 0.05) is 56.1 Å². The van der Waals surface area contributed by atoms with Crippen LogP contribution in [-0.4, -0.2) is 29.3 Å². The third-order valence-electron chi connectivity index (χ3n) is 12.7. The molecule has 6 aromatic carbocycles. The summed E-state index contributed by atoms with van der Waals surface area (Å²) < 4.78 is 2.25. The van der Waals surface area contributed by atoms with E-state index in [4.69, 9.17) is 15.0 Å². The predicted molar refractivity (Wildman–Crippen MR) is 270 cm³/mol. The van der Waals surface area contributed by atoms with Gasteiger partial charge in [0.1, 0.15) is 0 Å². The van der Waals surface area contributed by atoms with Gasteiger partial charge >= 0.3 is 0 Å². The Hall–Kier alpha value is -8.87. The molecule has 6 heteroatoms. The van der Waals surface area contributed by atoms with E-state index >= 15 is 0 Å². The molecular weight excluding hydrogens is 793 g/mol. The van der Waals surface area contributed by atoms with Crippen LogP contribution in [-0.2, 0) is 0 Å². The molecular formula is C59H38N6. The van der Waals surface area contributed by atoms with E-state index in [1.165, 1.54) is 10.8 Å². The molecule has 0 fully saturated rings. The zero-order valence-corrected chi connectivity index (χ0v) is 35.1. The van der Waals surface area contributed by atoms with Crippen LogP contribution in [0, 0.1) is 0 Å². The molecule has 0 aliphatic carbocycles. The number of rotatable bonds is 5. The molecule has 13 rings (SSSR count). The minimum atomic E-state index is 0.850. The molecule has 11 aromatic rings. The molecule has 65 heavy (non-hydrogen) atoms. The van der Waals surface area contributed by atoms with Crippen LogP contribution >= 0.6 is 0 Å². The highest BCUT2D eigenvalue weighted by Gasteiger charge is 2.20. The van der Waals surface area contributed by atoms with Crippen LogP contribution in [0.2, 0.25) is 0 Å². The summed E-state index contributed by atoms with van der Waals surface area (Å²) in [5, 5.41) is 2.39. The van der Waals surface area contributed by atoms with Crippen LogP contribution in [0.4, 0.5) is 0 Å². The van der Waals surface area contributed by atoms with E-state index in [1.807, 2.05) is 0 Å². The van der Waals surface area contributed by atoms with E-state index in [1.54, 1.807) is 0 Å². The van der Waals surface area contributed by atoms with E-state index in [0.29, 0.717) is 0 Å². The first-order valence-corrected chi connectivity index (χ1v) is 21.9. The number of H-pyrrole nitrogens is 2. The van der Waals surface area contributed by atoms with E-state index in [0.717, 1.165) is 117 Å². The Morgan fingerprint density at radius 2 is 0.785 bits per heavy atom. The van der Waals surface area contributed by atoms with E-state index in [-0.39, 0.29) is 0 Å². The second-order valence-electron chi connectivity index (χ2n) is 16.6. The summed E-state index contributed by atoms with van der Waals surface area (Å²) in [5.74, 6) is 0. The van der Waals surface area contributed by atoms with Gasteiger partial charge in [-0.15, -0.1) is 0 Å². The Kier molecular flexibility index (Phi) is 8.42. The van der Waals surface area contributed by atoms with Gasteiger partial charge in [-0.25, -0.2) is 15.0 Å². The topological polar surface area (TPSA) is 74.7 Å². The van der Waals surface area contributed by atoms with Gasteiger partial charge in [-0.3, -0.25) is 0 Å². The van der Waals surface area contributed by atoms with Crippen molar-refractivity contribution < 1.29 is 0 Å². The summed E-state index contributed by atoms with van der Waals surface area (Å²) in [6.45, 7) is 0. The fourth-order valence-electron chi connectivity index (χ4n) is 9.72. The lowest BCUT2D eigenvalue weighted by molar-refractivity contribution is 1.23. The summed E-state index contributed by atoms with van der Waals surface area (Å²) in [6, 6.07) is 66.2. The lowest BCUT2D eigenvalue weighted by atomic mass is 10.0. The highest BCUT2D eigenvalue weighted by molar-refractivity contribution is 6.01. The number of hydrogen-bond donors (Lipinski definition) is 2. The third-order valence-corrected chi connectivity index (χ3v) is 12.7. The maximum Gasteiger partial charge on any atom is 0.0950 e. The molecule has 2 aliphatic heterocycles. The average molecular weight is 831 g/mol. The Morgan fingerprint density at radius 1 is 0.323 bits per heavy atom. The van der Waals surface area contributed by atoms with Crippen LogP contribution in [0.25, 0.3) is 129 Å². The molecule has 304 valence electrons. The number of aromatic amines is 2. The van der Waals surface area contributed by atoms with Crippen molar-refractivity contribution in [1.29, 1.82) is 0 Å². The van der Waals surface area contributed by atoms with Gasteiger partial charge in [0.15, 0.2) is 0 Å². The lowest BCUT2D eigenvalue weighted by Crippen LogP contribution is -1.96. The molecule has 8 bridgehead atoms. The minimum absolute atomic E-state index is 0.850. The van der Waals surface area contributed by atoms with Crippen LogP contribution in [0.1, 0.15) is 22.8 Å². The molecule has 0 radical (unpaired) electrons. The van der Waals surface area contributed by atoms with Crippen LogP contribution in [0.15, 0.2) is 194 Å². The SMILES string of the molecule is C1=Cc2nc1c(-c1ccccc1)c1ccc([nH]1)c(-c1ccccc1)c1nc(c(-c3ccc4c(c3)nc(-c3ccc5ccccc5c3)c3cccn34)c3ccc([nH]3)c2-c2ccccc2)C=C1. The molecule has 0 saturated heterocycles. The Bertz CT molecular complexity index is 3890. The molecule has 0 atom stereocenters. The smallest absolute Gasteiger partial charge is 0.0950 e. The van der Waals surface area contributed by atoms with Gasteiger partial charge in [0.05, 0.1) is 45.0 Å². The number of fused-ring (bicyclic) bond motifs is 12. The summed E-state index contributed by atoms with van der Waals surface area (Å²) in [4.78, 5) is 24.2. The monoisotopic (exact) mass is 830 g/mol. The normalized spacial score (nSPS) is 12.2. The maximum absolute atomic E-state index is 5.54. The first-order valence-electron chi connectivity index (χ1n) is 21.9. The summed E-state index contributed by atoms with van der Waals surface area (Å²) in [5.41, 5.74) is 20.6. The highest BCUT2D eigenvalue weighted by atomic mass is 14.9. The molecule has 7 heterocycles. The Balaban J connectivity index is 1.13. The van der Waals surface area contributed by atoms with Crippen molar-refractivity contribution in [2.24, 2.45) is 0 Å². The molecule has 5 aromatic heterocycles. The zero-order valence-electron chi connectivity index (χ0n) is 35.1. The van der Waals surface area contributed by atoms with Crippen LogP contribution in [0.3, 0.4) is 0 Å². The molecule has 0 spiro atoms. The van der Waals surface area contributed by atoms with Crippen molar-refractivity contribution in [2.75, 3.05) is 0 Å². The third kappa shape index (κ3) is 6.22. The minimum Gasteiger partial charge on any atom is -0.354 e. The van der Waals surface area contributed by atoms with Gasteiger partial charge in [-0.05, 0) is 112 Å². The largest absolute Gasteiger partial charge is 0.354 e. The quantitative estimate of drug-likeness (QED) is 0.181. The van der Waals surface area contributed by atoms with Crippen molar-refractivity contribution in [1.82, 2.24) is 29.3 Å². The number of nitrogens with zero attached hydrogens (tertiary/aromatic N) is 4. The standard InChI is InChI=1S/C59H38N6/c1-4-14-38(15-5-1)55-44-25-27-46(60-44)56(39-16-6-2-7-17-39)48-29-31-50(62-48)58(51-32-30-49(63-51)57(40-18-8-3-9-19-40)47-28-26-45(55)61-47)42-24-33-53-52(36-42)64-59(54-21-12-34-65(53)54)43-23-22-37-13-10-11-20-41(37)35-43/h1-36,60,63H. The second-order valence-corrected chi connectivity index (χ2v) is 16.6. The molecule has 0 unspecified atom stereocenters. The molecule has 0 amide bonds. The lowest BCUT2D eigenvalue weighted by Gasteiger charge is -2.12. The number of aromatic nitrogens is 6. The Labute approximate surface area is 374 Å². The number of hydrogen-bond acceptors (Lipinski definition) is 3. The fourth-order valence-corrected chi connectivity index (χ4v) is 9.72. The van der Waals surface area contributed by atoms with Gasteiger partial charge < -0.3 is 14.4 Å². The average Bonchev–Trinajstić information content (AvgIpc) is 4.23. The molecule has 2 N–H and O–H groups in total. The predicted octanol–water partition coefficient (Wildman–Crippen LogP) is 14.9. The summed E-state index contributed by atoms with van der Waals surface area (Å²) in [7, 11) is 0. The summed E-state index contributed by atoms with van der Waals surface area (Å²) in [6.07, 6.45) is 10.7. The van der Waals surface area contributed by atoms with Gasteiger partial charge in [0.2, 0.25) is 0 Å². The first-order chi connectivity index (χ1) is 32.2. The molecule has 2 aliphatic rings. The van der Waals surface area contributed by atoms with Crippen molar-refractivity contribution in [3.8, 4) is 55.8 Å². The van der Waals surface area contributed by atoms with Crippen LogP contribution in [0.5, 0.6) is 0 Å². The zero-order chi connectivity index (χ0) is 42.8. The number of benzene rings is 6. The van der Waals surface area contributed by atoms with Gasteiger partial charge in [-0.1, -0.05) is 133 Å². The van der Waals surface area contributed by atoms with Crippen molar-refractivity contribution >= 4 is 73.7 Å². The highest BCUT2D eigenvalue weighted by Crippen LogP contribution is 2.39. The first kappa shape index (κ1) is 36.8. The van der Waals surface area contributed by atoms with E-state index in [2.05, 4.69) is 233 Å². The second kappa shape index (κ2) is 14.9. The van der Waals surface area contributed by atoms with Gasteiger partial charge in [0.25, 0.3) is 0 Å². The van der Waals surface area contributed by atoms with Crippen molar-refractivity contribution in [3.63, 3.8) is 0 Å². The Morgan fingerprint density at radius 3 is 1.31 bits per heavy atom. The van der Waals surface area contributed by atoms with Crippen LogP contribution < -0.4 is 0 Å². The molecule has 0 saturated carbocycles. The van der Waals surface area contributed by atoms with E-state index in [9.17, 15) is 0 Å². The van der Waals surface area contributed by atoms with Crippen molar-refractivity contribution in [3.05, 3.63) is 217 Å². The molecule has 6 nitrogen and oxygen atoms in total. The number of nitrogens with one attached hydrogen (secondary N) is 2. The van der Waals surface area contributed by atoms with Crippen molar-refractivity contribution in [2.45, 2.75) is 0 Å². The summed E-state index contributed by atoms with van der Waals surface area (Å²) >= 11 is 0.